The molecular formula is C59H113NO5. The van der Waals surface area contributed by atoms with Gasteiger partial charge in [0.1, 0.15) is 6.10 Å². The molecule has 0 aliphatic heterocycles. The standard InChI is InChI=1S/C59H113NO5/c1-4-7-10-13-16-19-22-25-28-29-31-32-35-38-41-44-47-50-55(65-59(64)52-49-46-43-40-37-34-30-26-23-20-17-14-11-8-5-2)53-58(63)60-56(54-61)57(62)51-48-45-42-39-36-33-27-24-21-18-15-12-9-6-3/h20,23,25,28,55-57,61-62H,4-19,21-22,24,26-27,29-54H2,1-3H3,(H,60,63)/b23-20-,28-25+. The van der Waals surface area contributed by atoms with Crippen LogP contribution in [0.2, 0.25) is 0 Å². The fraction of sp³-hybridized carbons (Fsp3) is 0.898. The lowest BCUT2D eigenvalue weighted by molar-refractivity contribution is -0.151. The molecule has 0 aromatic carbocycles. The number of amides is 1. The summed E-state index contributed by atoms with van der Waals surface area (Å²) in [6, 6.07) is -0.701. The predicted molar refractivity (Wildman–Crippen MR) is 283 cm³/mol. The van der Waals surface area contributed by atoms with Gasteiger partial charge in [-0.3, -0.25) is 9.59 Å². The monoisotopic (exact) mass is 916 g/mol. The minimum atomic E-state index is -0.787. The number of unbranched alkanes of at least 4 members (excludes halogenated alkanes) is 37. The molecule has 3 N–H and O–H groups in total. The number of carbonyl (C=O) groups is 2. The van der Waals surface area contributed by atoms with Gasteiger partial charge in [0.05, 0.1) is 25.2 Å². The summed E-state index contributed by atoms with van der Waals surface area (Å²) in [6.07, 6.45) is 62.4. The van der Waals surface area contributed by atoms with Gasteiger partial charge >= 0.3 is 5.97 Å². The molecule has 0 aromatic rings. The Bertz CT molecular complexity index is 1030. The van der Waals surface area contributed by atoms with E-state index in [-0.39, 0.29) is 24.9 Å². The van der Waals surface area contributed by atoms with Crippen molar-refractivity contribution in [1.82, 2.24) is 5.32 Å². The third-order valence-corrected chi connectivity index (χ3v) is 13.5. The van der Waals surface area contributed by atoms with Crippen molar-refractivity contribution in [2.24, 2.45) is 0 Å². The lowest BCUT2D eigenvalue weighted by atomic mass is 10.0. The van der Waals surface area contributed by atoms with Crippen molar-refractivity contribution in [2.45, 2.75) is 334 Å². The molecule has 0 aromatic heterocycles. The van der Waals surface area contributed by atoms with E-state index in [0.717, 1.165) is 51.4 Å². The highest BCUT2D eigenvalue weighted by Gasteiger charge is 2.24. The molecule has 0 fully saturated rings. The van der Waals surface area contributed by atoms with E-state index < -0.39 is 18.2 Å². The zero-order valence-electron chi connectivity index (χ0n) is 43.9. The highest BCUT2D eigenvalue weighted by molar-refractivity contribution is 5.77. The van der Waals surface area contributed by atoms with Crippen molar-refractivity contribution in [1.29, 1.82) is 0 Å². The number of allylic oxidation sites excluding steroid dienone is 4. The first kappa shape index (κ1) is 63.3. The van der Waals surface area contributed by atoms with E-state index in [0.29, 0.717) is 19.3 Å². The van der Waals surface area contributed by atoms with E-state index in [4.69, 9.17) is 4.74 Å². The lowest BCUT2D eigenvalue weighted by Crippen LogP contribution is -2.46. The average molecular weight is 917 g/mol. The first-order valence-corrected chi connectivity index (χ1v) is 29.1. The fourth-order valence-electron chi connectivity index (χ4n) is 9.07. The molecule has 0 aliphatic rings. The Kier molecular flexibility index (Phi) is 51.9. The van der Waals surface area contributed by atoms with Gasteiger partial charge in [0.25, 0.3) is 0 Å². The zero-order valence-corrected chi connectivity index (χ0v) is 43.9. The van der Waals surface area contributed by atoms with E-state index in [1.165, 1.54) is 218 Å². The van der Waals surface area contributed by atoms with Crippen molar-refractivity contribution >= 4 is 11.9 Å². The first-order chi connectivity index (χ1) is 32.0. The highest BCUT2D eigenvalue weighted by atomic mass is 16.5. The molecule has 0 heterocycles. The maximum Gasteiger partial charge on any atom is 0.306 e. The first-order valence-electron chi connectivity index (χ1n) is 29.1. The van der Waals surface area contributed by atoms with Crippen molar-refractivity contribution in [2.75, 3.05) is 6.61 Å². The summed E-state index contributed by atoms with van der Waals surface area (Å²) in [5.41, 5.74) is 0. The van der Waals surface area contributed by atoms with Gasteiger partial charge < -0.3 is 20.3 Å². The van der Waals surface area contributed by atoms with Crippen LogP contribution in [0.25, 0.3) is 0 Å². The Morgan fingerprint density at radius 3 is 1.11 bits per heavy atom. The molecule has 0 saturated carbocycles. The van der Waals surface area contributed by atoms with Gasteiger partial charge in [-0.1, -0.05) is 251 Å². The number of carbonyl (C=O) groups excluding carboxylic acids is 2. The van der Waals surface area contributed by atoms with Crippen LogP contribution in [0, 0.1) is 0 Å². The number of rotatable bonds is 53. The molecule has 3 atom stereocenters. The Hall–Kier alpha value is -1.66. The number of hydrogen-bond donors (Lipinski definition) is 3. The maximum atomic E-state index is 13.3. The number of nitrogens with one attached hydrogen (secondary N) is 1. The van der Waals surface area contributed by atoms with E-state index >= 15 is 0 Å². The molecule has 0 bridgehead atoms. The third-order valence-electron chi connectivity index (χ3n) is 13.5. The summed E-state index contributed by atoms with van der Waals surface area (Å²) in [4.78, 5) is 26.3. The van der Waals surface area contributed by atoms with Gasteiger partial charge in [-0.15, -0.1) is 0 Å². The third kappa shape index (κ3) is 48.6. The normalized spacial score (nSPS) is 13.2. The van der Waals surface area contributed by atoms with Gasteiger partial charge in [0, 0.05) is 6.42 Å². The second-order valence-corrected chi connectivity index (χ2v) is 20.0. The molecule has 1 amide bonds. The van der Waals surface area contributed by atoms with Crippen molar-refractivity contribution < 1.29 is 24.5 Å². The SMILES string of the molecule is CCCCCC/C=C\CCCCCCCCCC(=O)OC(CCCCCCCCC/C=C/CCCCCCCC)CC(=O)NC(CO)C(O)CCCCCCCCCCCCCCCC. The van der Waals surface area contributed by atoms with Crippen LogP contribution < -0.4 is 5.32 Å². The second-order valence-electron chi connectivity index (χ2n) is 20.0. The average Bonchev–Trinajstić information content (AvgIpc) is 3.30. The fourth-order valence-corrected chi connectivity index (χ4v) is 9.07. The van der Waals surface area contributed by atoms with Crippen LogP contribution in [0.15, 0.2) is 24.3 Å². The van der Waals surface area contributed by atoms with E-state index in [1.54, 1.807) is 0 Å². The Labute approximate surface area is 405 Å². The molecule has 0 radical (unpaired) electrons. The summed E-state index contributed by atoms with van der Waals surface area (Å²) in [5.74, 6) is -0.466. The van der Waals surface area contributed by atoms with Gasteiger partial charge in [-0.2, -0.15) is 0 Å². The van der Waals surface area contributed by atoms with Gasteiger partial charge in [-0.05, 0) is 77.0 Å². The number of aliphatic hydroxyl groups is 2. The molecule has 0 spiro atoms. The molecule has 6 heteroatoms. The van der Waals surface area contributed by atoms with Crippen LogP contribution in [-0.4, -0.2) is 46.9 Å². The molecule has 3 unspecified atom stereocenters. The molecule has 384 valence electrons. The predicted octanol–water partition coefficient (Wildman–Crippen LogP) is 17.9. The Morgan fingerprint density at radius 1 is 0.431 bits per heavy atom. The highest BCUT2D eigenvalue weighted by Crippen LogP contribution is 2.19. The molecule has 6 nitrogen and oxygen atoms in total. The van der Waals surface area contributed by atoms with Crippen LogP contribution in [0.3, 0.4) is 0 Å². The van der Waals surface area contributed by atoms with Crippen LogP contribution in [0.5, 0.6) is 0 Å². The largest absolute Gasteiger partial charge is 0.462 e. The maximum absolute atomic E-state index is 13.3. The summed E-state index contributed by atoms with van der Waals surface area (Å²) in [5, 5.41) is 23.9. The van der Waals surface area contributed by atoms with Crippen LogP contribution in [0.4, 0.5) is 0 Å². The summed E-state index contributed by atoms with van der Waals surface area (Å²) >= 11 is 0. The number of esters is 1. The minimum Gasteiger partial charge on any atom is -0.462 e. The minimum absolute atomic E-state index is 0.0776. The van der Waals surface area contributed by atoms with E-state index in [2.05, 4.69) is 50.4 Å². The molecule has 0 aliphatic carbocycles. The summed E-state index contributed by atoms with van der Waals surface area (Å²) in [6.45, 7) is 6.50. The van der Waals surface area contributed by atoms with Crippen molar-refractivity contribution in [3.05, 3.63) is 24.3 Å². The van der Waals surface area contributed by atoms with Gasteiger partial charge in [0.2, 0.25) is 5.91 Å². The van der Waals surface area contributed by atoms with Gasteiger partial charge in [0.15, 0.2) is 0 Å². The van der Waals surface area contributed by atoms with E-state index in [9.17, 15) is 19.8 Å². The van der Waals surface area contributed by atoms with Crippen LogP contribution in [-0.2, 0) is 14.3 Å². The quantitative estimate of drug-likeness (QED) is 0.0321. The summed E-state index contributed by atoms with van der Waals surface area (Å²) in [7, 11) is 0. The Balaban J connectivity index is 4.55. The lowest BCUT2D eigenvalue weighted by Gasteiger charge is -2.24. The summed E-state index contributed by atoms with van der Waals surface area (Å²) < 4.78 is 5.96. The molecule has 0 rings (SSSR count). The molecular weight excluding hydrogens is 803 g/mol. The van der Waals surface area contributed by atoms with Crippen molar-refractivity contribution in [3.63, 3.8) is 0 Å². The topological polar surface area (TPSA) is 95.9 Å². The smallest absolute Gasteiger partial charge is 0.306 e. The Morgan fingerprint density at radius 2 is 0.738 bits per heavy atom. The molecule has 65 heavy (non-hydrogen) atoms. The van der Waals surface area contributed by atoms with Crippen molar-refractivity contribution in [3.8, 4) is 0 Å². The van der Waals surface area contributed by atoms with E-state index in [1.807, 2.05) is 0 Å². The number of aliphatic hydroxyl groups excluding tert-OH is 2. The second kappa shape index (κ2) is 53.3. The molecule has 0 saturated heterocycles. The van der Waals surface area contributed by atoms with Crippen LogP contribution in [0.1, 0.15) is 316 Å². The van der Waals surface area contributed by atoms with Crippen LogP contribution >= 0.6 is 0 Å². The zero-order chi connectivity index (χ0) is 47.4. The number of hydrogen-bond acceptors (Lipinski definition) is 5. The number of ether oxygens (including phenoxy) is 1. The van der Waals surface area contributed by atoms with Gasteiger partial charge in [-0.25, -0.2) is 0 Å².